The molecule has 0 unspecified atom stereocenters. The molecule has 0 fully saturated rings. The molecule has 0 aliphatic rings. The van der Waals surface area contributed by atoms with Gasteiger partial charge in [0.1, 0.15) is 0 Å². The van der Waals surface area contributed by atoms with Gasteiger partial charge in [-0.15, -0.1) is 11.3 Å². The maximum atomic E-state index is 5.01. The molecule has 1 N–H and O–H groups in total. The average Bonchev–Trinajstić information content (AvgIpc) is 2.94. The van der Waals surface area contributed by atoms with Crippen LogP contribution in [0.2, 0.25) is 0 Å². The highest BCUT2D eigenvalue weighted by molar-refractivity contribution is 7.13. The Balaban J connectivity index is 1.99. The quantitative estimate of drug-likeness (QED) is 0.759. The summed E-state index contributed by atoms with van der Waals surface area (Å²) in [6, 6.07) is 10.4. The van der Waals surface area contributed by atoms with Gasteiger partial charge in [-0.05, 0) is 19.1 Å². The van der Waals surface area contributed by atoms with E-state index in [1.807, 2.05) is 6.07 Å². The summed E-state index contributed by atoms with van der Waals surface area (Å²) in [4.78, 5) is 6.92. The fourth-order valence-corrected chi connectivity index (χ4v) is 2.84. The van der Waals surface area contributed by atoms with Crippen molar-refractivity contribution in [3.63, 3.8) is 0 Å². The summed E-state index contributed by atoms with van der Waals surface area (Å²) < 4.78 is 5.01. The van der Waals surface area contributed by atoms with Crippen LogP contribution < -0.4 is 10.2 Å². The summed E-state index contributed by atoms with van der Waals surface area (Å²) in [5.41, 5.74) is 2.26. The molecule has 0 saturated heterocycles. The Kier molecular flexibility index (Phi) is 5.98. The van der Waals surface area contributed by atoms with Crippen molar-refractivity contribution in [1.82, 2.24) is 10.3 Å². The van der Waals surface area contributed by atoms with Gasteiger partial charge in [-0.25, -0.2) is 4.98 Å². The van der Waals surface area contributed by atoms with Crippen LogP contribution >= 0.6 is 11.3 Å². The molecule has 20 heavy (non-hydrogen) atoms. The van der Waals surface area contributed by atoms with Crippen molar-refractivity contribution >= 4 is 22.2 Å². The van der Waals surface area contributed by atoms with Crippen LogP contribution in [0.5, 0.6) is 0 Å². The number of thiazole rings is 1. The Morgan fingerprint density at radius 3 is 2.80 bits per heavy atom. The van der Waals surface area contributed by atoms with Crippen LogP contribution in [-0.2, 0) is 11.3 Å². The Bertz CT molecular complexity index is 501. The second kappa shape index (κ2) is 7.99. The highest BCUT2D eigenvalue weighted by Crippen LogP contribution is 2.27. The number of methoxy groups -OCH3 is 1. The predicted molar refractivity (Wildman–Crippen MR) is 84.8 cm³/mol. The van der Waals surface area contributed by atoms with Crippen molar-refractivity contribution < 1.29 is 4.74 Å². The highest BCUT2D eigenvalue weighted by Gasteiger charge is 2.11. The van der Waals surface area contributed by atoms with E-state index >= 15 is 0 Å². The third kappa shape index (κ3) is 4.03. The normalized spacial score (nSPS) is 10.7. The molecule has 5 heteroatoms. The van der Waals surface area contributed by atoms with E-state index in [4.69, 9.17) is 9.72 Å². The van der Waals surface area contributed by atoms with E-state index in [0.29, 0.717) is 0 Å². The second-order valence-corrected chi connectivity index (χ2v) is 5.21. The Labute approximate surface area is 124 Å². The van der Waals surface area contributed by atoms with Crippen molar-refractivity contribution in [3.8, 4) is 0 Å². The van der Waals surface area contributed by atoms with Gasteiger partial charge in [0, 0.05) is 37.8 Å². The highest BCUT2D eigenvalue weighted by atomic mass is 32.1. The lowest BCUT2D eigenvalue weighted by molar-refractivity contribution is 0.199. The number of aromatic nitrogens is 1. The summed E-state index contributed by atoms with van der Waals surface area (Å²) in [5.74, 6) is 0. The maximum Gasteiger partial charge on any atom is 0.190 e. The summed E-state index contributed by atoms with van der Waals surface area (Å²) in [7, 11) is 1.71. The maximum absolute atomic E-state index is 5.01. The zero-order valence-electron chi connectivity index (χ0n) is 12.0. The molecule has 0 amide bonds. The van der Waals surface area contributed by atoms with Gasteiger partial charge in [-0.3, -0.25) is 0 Å². The zero-order valence-corrected chi connectivity index (χ0v) is 12.8. The zero-order chi connectivity index (χ0) is 14.2. The molecular formula is C15H21N3OS. The number of benzene rings is 1. The van der Waals surface area contributed by atoms with E-state index < -0.39 is 0 Å². The molecule has 2 rings (SSSR count). The first kappa shape index (κ1) is 15.0. The van der Waals surface area contributed by atoms with Crippen LogP contribution in [0.3, 0.4) is 0 Å². The molecule has 0 saturated carbocycles. The molecule has 1 heterocycles. The van der Waals surface area contributed by atoms with E-state index in [0.717, 1.165) is 37.1 Å². The smallest absolute Gasteiger partial charge is 0.190 e. The van der Waals surface area contributed by atoms with Crippen molar-refractivity contribution in [2.24, 2.45) is 0 Å². The number of hydrogen-bond donors (Lipinski definition) is 1. The van der Waals surface area contributed by atoms with Crippen LogP contribution in [0, 0.1) is 0 Å². The fraction of sp³-hybridized carbons (Fsp3) is 0.400. The molecule has 0 spiro atoms. The number of hydrogen-bond acceptors (Lipinski definition) is 5. The number of rotatable bonds is 8. The van der Waals surface area contributed by atoms with Gasteiger partial charge in [0.15, 0.2) is 5.13 Å². The fourth-order valence-electron chi connectivity index (χ4n) is 1.93. The first-order valence-corrected chi connectivity index (χ1v) is 7.69. The molecule has 0 atom stereocenters. The first-order chi connectivity index (χ1) is 9.85. The Morgan fingerprint density at radius 1 is 1.30 bits per heavy atom. The lowest BCUT2D eigenvalue weighted by Gasteiger charge is -2.19. The summed E-state index contributed by atoms with van der Waals surface area (Å²) in [5, 5.41) is 6.47. The number of ether oxygens (including phenoxy) is 1. The lowest BCUT2D eigenvalue weighted by Crippen LogP contribution is -2.19. The van der Waals surface area contributed by atoms with E-state index in [2.05, 4.69) is 46.8 Å². The van der Waals surface area contributed by atoms with Gasteiger partial charge in [0.05, 0.1) is 12.3 Å². The third-order valence-corrected chi connectivity index (χ3v) is 3.86. The second-order valence-electron chi connectivity index (χ2n) is 4.37. The molecule has 1 aromatic carbocycles. The summed E-state index contributed by atoms with van der Waals surface area (Å²) in [6.07, 6.45) is 0. The van der Waals surface area contributed by atoms with Crippen LogP contribution in [0.15, 0.2) is 35.7 Å². The van der Waals surface area contributed by atoms with E-state index in [1.165, 1.54) is 5.69 Å². The molecule has 2 aromatic rings. The number of anilines is 2. The SMILES string of the molecule is CCN(c1ccccc1)c1nc(CNCCOC)cs1. The predicted octanol–water partition coefficient (Wildman–Crippen LogP) is 3.04. The van der Waals surface area contributed by atoms with Gasteiger partial charge < -0.3 is 15.0 Å². The number of para-hydroxylation sites is 1. The minimum Gasteiger partial charge on any atom is -0.383 e. The summed E-state index contributed by atoms with van der Waals surface area (Å²) >= 11 is 1.68. The minimum atomic E-state index is 0.724. The largest absolute Gasteiger partial charge is 0.383 e. The minimum absolute atomic E-state index is 0.724. The molecule has 1 aromatic heterocycles. The van der Waals surface area contributed by atoms with Crippen LogP contribution in [0.4, 0.5) is 10.8 Å². The van der Waals surface area contributed by atoms with Crippen LogP contribution in [0.1, 0.15) is 12.6 Å². The van der Waals surface area contributed by atoms with Crippen LogP contribution in [-0.4, -0.2) is 31.8 Å². The molecule has 0 bridgehead atoms. The van der Waals surface area contributed by atoms with Gasteiger partial charge in [0.25, 0.3) is 0 Å². The van der Waals surface area contributed by atoms with E-state index in [9.17, 15) is 0 Å². The number of nitrogens with one attached hydrogen (secondary N) is 1. The monoisotopic (exact) mass is 291 g/mol. The molecule has 4 nitrogen and oxygen atoms in total. The Hall–Kier alpha value is -1.43. The van der Waals surface area contributed by atoms with E-state index in [1.54, 1.807) is 18.4 Å². The topological polar surface area (TPSA) is 37.4 Å². The average molecular weight is 291 g/mol. The van der Waals surface area contributed by atoms with Crippen molar-refractivity contribution in [2.75, 3.05) is 31.7 Å². The van der Waals surface area contributed by atoms with Crippen LogP contribution in [0.25, 0.3) is 0 Å². The van der Waals surface area contributed by atoms with Crippen molar-refractivity contribution in [3.05, 3.63) is 41.4 Å². The third-order valence-electron chi connectivity index (χ3n) is 2.94. The first-order valence-electron chi connectivity index (χ1n) is 6.81. The Morgan fingerprint density at radius 2 is 2.10 bits per heavy atom. The molecular weight excluding hydrogens is 270 g/mol. The molecule has 0 aliphatic heterocycles. The van der Waals surface area contributed by atoms with Gasteiger partial charge in [-0.1, -0.05) is 18.2 Å². The van der Waals surface area contributed by atoms with Gasteiger partial charge in [0.2, 0.25) is 0 Å². The number of nitrogens with zero attached hydrogens (tertiary/aromatic N) is 2. The van der Waals surface area contributed by atoms with E-state index in [-0.39, 0.29) is 0 Å². The molecule has 108 valence electrons. The van der Waals surface area contributed by atoms with Gasteiger partial charge >= 0.3 is 0 Å². The van der Waals surface area contributed by atoms with Crippen molar-refractivity contribution in [2.45, 2.75) is 13.5 Å². The standard InChI is InChI=1S/C15H21N3OS/c1-3-18(14-7-5-4-6-8-14)15-17-13(12-20-15)11-16-9-10-19-2/h4-8,12,16H,3,9-11H2,1-2H3. The molecule has 0 aliphatic carbocycles. The lowest BCUT2D eigenvalue weighted by atomic mass is 10.3. The molecule has 0 radical (unpaired) electrons. The van der Waals surface area contributed by atoms with Crippen molar-refractivity contribution in [1.29, 1.82) is 0 Å². The summed E-state index contributed by atoms with van der Waals surface area (Å²) in [6.45, 7) is 5.41. The van der Waals surface area contributed by atoms with Gasteiger partial charge in [-0.2, -0.15) is 0 Å².